The van der Waals surface area contributed by atoms with Gasteiger partial charge in [-0.25, -0.2) is 4.39 Å². The number of alkyl halides is 4. The summed E-state index contributed by atoms with van der Waals surface area (Å²) in [5.74, 6) is -0.0516. The van der Waals surface area contributed by atoms with Gasteiger partial charge < -0.3 is 18.9 Å². The number of hydrogen-bond donors (Lipinski definition) is 0. The van der Waals surface area contributed by atoms with Crippen molar-refractivity contribution < 1.29 is 31.8 Å². The van der Waals surface area contributed by atoms with Crippen LogP contribution in [0.15, 0.2) is 42.7 Å². The molecule has 2 aromatic carbocycles. The van der Waals surface area contributed by atoms with Crippen LogP contribution in [-0.4, -0.2) is 88.6 Å². The van der Waals surface area contributed by atoms with Gasteiger partial charge in [0.1, 0.15) is 6.33 Å². The Morgan fingerprint density at radius 3 is 2.48 bits per heavy atom. The van der Waals surface area contributed by atoms with Crippen LogP contribution in [0.3, 0.4) is 0 Å². The molecule has 1 aromatic heterocycles. The summed E-state index contributed by atoms with van der Waals surface area (Å²) < 4.78 is 72.0. The number of fused-ring (bicyclic) bond motifs is 1. The fraction of sp³-hybridized carbons (Fsp3) is 0.545. The summed E-state index contributed by atoms with van der Waals surface area (Å²) in [6.07, 6.45) is -4.75. The normalized spacial score (nSPS) is 23.0. The van der Waals surface area contributed by atoms with Crippen LogP contribution in [0.25, 0.3) is 0 Å². The number of amides is 1. The summed E-state index contributed by atoms with van der Waals surface area (Å²) in [7, 11) is 1.66. The van der Waals surface area contributed by atoms with Crippen LogP contribution < -0.4 is 4.90 Å². The molecule has 4 aliphatic rings. The van der Waals surface area contributed by atoms with Crippen molar-refractivity contribution in [1.29, 1.82) is 0 Å². The van der Waals surface area contributed by atoms with Gasteiger partial charge in [0.05, 0.1) is 50.0 Å². The second-order valence-corrected chi connectivity index (χ2v) is 13.4. The maximum Gasteiger partial charge on any atom is 0.416 e. The summed E-state index contributed by atoms with van der Waals surface area (Å²) in [4.78, 5) is 19.9. The number of rotatable bonds is 8. The van der Waals surface area contributed by atoms with Gasteiger partial charge in [0, 0.05) is 50.5 Å². The smallest absolute Gasteiger partial charge is 0.379 e. The SMILES string of the molecule is CC(C)[C@H]1CN(C2COC2)CCN1Cc1cc2c(c(C(F)(F)F)c1)CN(c1cccc(C3([C@@H](F)c4nncn4C)COC3)c1)C2=O. The highest BCUT2D eigenvalue weighted by Crippen LogP contribution is 2.47. The van der Waals surface area contributed by atoms with Crippen molar-refractivity contribution in [2.45, 2.75) is 56.8 Å². The molecule has 46 heavy (non-hydrogen) atoms. The van der Waals surface area contributed by atoms with Crippen LogP contribution in [0.4, 0.5) is 23.2 Å². The number of aryl methyl sites for hydroxylation is 1. The first-order chi connectivity index (χ1) is 22.0. The summed E-state index contributed by atoms with van der Waals surface area (Å²) in [5, 5.41) is 7.74. The van der Waals surface area contributed by atoms with Crippen LogP contribution in [0.1, 0.15) is 58.5 Å². The Labute approximate surface area is 265 Å². The molecule has 1 amide bonds. The second kappa shape index (κ2) is 11.7. The van der Waals surface area contributed by atoms with Crippen molar-refractivity contribution >= 4 is 11.6 Å². The molecule has 0 saturated carbocycles. The lowest BCUT2D eigenvalue weighted by Crippen LogP contribution is -2.61. The number of nitrogens with zero attached hydrogens (tertiary/aromatic N) is 6. The Hall–Kier alpha value is -3.39. The summed E-state index contributed by atoms with van der Waals surface area (Å²) in [6.45, 7) is 8.37. The van der Waals surface area contributed by atoms with Gasteiger partial charge in [-0.05, 0) is 46.9 Å². The lowest BCUT2D eigenvalue weighted by atomic mass is 9.74. The molecular formula is C33H38F4N6O3. The molecule has 3 saturated heterocycles. The highest BCUT2D eigenvalue weighted by Gasteiger charge is 2.51. The van der Waals surface area contributed by atoms with Gasteiger partial charge in [-0.2, -0.15) is 13.2 Å². The number of benzene rings is 2. The lowest BCUT2D eigenvalue weighted by molar-refractivity contribution is -0.138. The minimum Gasteiger partial charge on any atom is -0.379 e. The van der Waals surface area contributed by atoms with Crippen molar-refractivity contribution in [2.24, 2.45) is 13.0 Å². The van der Waals surface area contributed by atoms with Gasteiger partial charge in [-0.3, -0.25) is 14.6 Å². The summed E-state index contributed by atoms with van der Waals surface area (Å²) >= 11 is 0. The van der Waals surface area contributed by atoms with Gasteiger partial charge in [0.15, 0.2) is 12.0 Å². The van der Waals surface area contributed by atoms with Crippen LogP contribution >= 0.6 is 0 Å². The zero-order valence-corrected chi connectivity index (χ0v) is 26.1. The molecule has 0 aliphatic carbocycles. The van der Waals surface area contributed by atoms with E-state index in [1.807, 2.05) is 0 Å². The van der Waals surface area contributed by atoms with E-state index in [0.717, 1.165) is 32.8 Å². The van der Waals surface area contributed by atoms with Crippen molar-refractivity contribution in [1.82, 2.24) is 24.6 Å². The van der Waals surface area contributed by atoms with E-state index in [2.05, 4.69) is 33.8 Å². The Kier molecular flexibility index (Phi) is 7.94. The number of carbonyl (C=O) groups is 1. The Bertz CT molecular complexity index is 1620. The summed E-state index contributed by atoms with van der Waals surface area (Å²) in [5.41, 5.74) is -0.361. The minimum absolute atomic E-state index is 0.0361. The maximum absolute atomic E-state index is 16.0. The summed E-state index contributed by atoms with van der Waals surface area (Å²) in [6, 6.07) is 10.2. The number of aromatic nitrogens is 3. The molecule has 2 atom stereocenters. The van der Waals surface area contributed by atoms with Crippen molar-refractivity contribution in [3.8, 4) is 0 Å². The van der Waals surface area contributed by atoms with Crippen molar-refractivity contribution in [2.75, 3.05) is 51.0 Å². The average Bonchev–Trinajstić information content (AvgIpc) is 3.54. The molecule has 7 rings (SSSR count). The van der Waals surface area contributed by atoms with E-state index in [-0.39, 0.29) is 42.8 Å². The lowest BCUT2D eigenvalue weighted by Gasteiger charge is -2.48. The highest BCUT2D eigenvalue weighted by molar-refractivity contribution is 6.10. The molecule has 0 radical (unpaired) electrons. The van der Waals surface area contributed by atoms with Gasteiger partial charge in [0.25, 0.3) is 5.91 Å². The third kappa shape index (κ3) is 5.30. The molecule has 3 aromatic rings. The molecule has 0 spiro atoms. The maximum atomic E-state index is 16.0. The highest BCUT2D eigenvalue weighted by atomic mass is 19.4. The third-order valence-corrected chi connectivity index (χ3v) is 10.2. The average molecular weight is 643 g/mol. The van der Waals surface area contributed by atoms with E-state index < -0.39 is 29.2 Å². The van der Waals surface area contributed by atoms with Crippen LogP contribution in [-0.2, 0) is 41.2 Å². The molecule has 246 valence electrons. The number of hydrogen-bond acceptors (Lipinski definition) is 7. The van der Waals surface area contributed by atoms with E-state index >= 15 is 4.39 Å². The Morgan fingerprint density at radius 1 is 1.09 bits per heavy atom. The zero-order valence-electron chi connectivity index (χ0n) is 26.1. The quantitative estimate of drug-likeness (QED) is 0.335. The Morgan fingerprint density at radius 2 is 1.87 bits per heavy atom. The number of carbonyl (C=O) groups excluding carboxylic acids is 1. The van der Waals surface area contributed by atoms with E-state index in [9.17, 15) is 18.0 Å². The van der Waals surface area contributed by atoms with Crippen LogP contribution in [0, 0.1) is 5.92 Å². The predicted molar refractivity (Wildman–Crippen MR) is 161 cm³/mol. The standard InChI is InChI=1S/C33H38F4N6O3/c1-20(2)28-14-41(24-15-45-16-24)7-8-42(28)12-21-9-25-26(27(10-21)33(35,36)37)13-43(31(25)44)23-6-4-5-22(11-23)32(17-46-18-32)29(34)30-39-38-19-40(30)3/h4-6,9-11,19-20,24,28-29H,7-8,12-18H2,1-3H3/t28-,29+/m1/s1. The molecule has 13 heteroatoms. The Balaban J connectivity index is 1.17. The van der Waals surface area contributed by atoms with E-state index in [1.54, 1.807) is 37.4 Å². The third-order valence-electron chi connectivity index (χ3n) is 10.2. The molecule has 3 fully saturated rings. The largest absolute Gasteiger partial charge is 0.416 e. The minimum atomic E-state index is -4.64. The van der Waals surface area contributed by atoms with E-state index in [0.29, 0.717) is 35.3 Å². The number of halogens is 4. The van der Waals surface area contributed by atoms with Crippen LogP contribution in [0.2, 0.25) is 0 Å². The van der Waals surface area contributed by atoms with Crippen molar-refractivity contribution in [3.05, 3.63) is 76.4 Å². The van der Waals surface area contributed by atoms with Gasteiger partial charge in [-0.15, -0.1) is 10.2 Å². The molecule has 0 N–H and O–H groups in total. The molecular weight excluding hydrogens is 604 g/mol. The second-order valence-electron chi connectivity index (χ2n) is 13.4. The molecule has 9 nitrogen and oxygen atoms in total. The van der Waals surface area contributed by atoms with E-state index in [1.165, 1.54) is 21.9 Å². The van der Waals surface area contributed by atoms with E-state index in [4.69, 9.17) is 9.47 Å². The van der Waals surface area contributed by atoms with Crippen molar-refractivity contribution in [3.63, 3.8) is 0 Å². The molecule has 0 unspecified atom stereocenters. The fourth-order valence-corrected chi connectivity index (χ4v) is 7.25. The topological polar surface area (TPSA) is 76.0 Å². The first kappa shape index (κ1) is 31.2. The number of anilines is 1. The van der Waals surface area contributed by atoms with Gasteiger partial charge in [0.2, 0.25) is 0 Å². The number of ether oxygens (including phenoxy) is 2. The van der Waals surface area contributed by atoms with Gasteiger partial charge in [-0.1, -0.05) is 26.0 Å². The first-order valence-corrected chi connectivity index (χ1v) is 15.7. The predicted octanol–water partition coefficient (Wildman–Crippen LogP) is 4.51. The monoisotopic (exact) mass is 642 g/mol. The fourth-order valence-electron chi connectivity index (χ4n) is 7.25. The zero-order chi connectivity index (χ0) is 32.4. The molecule has 4 aliphatic heterocycles. The van der Waals surface area contributed by atoms with Crippen LogP contribution in [0.5, 0.6) is 0 Å². The van der Waals surface area contributed by atoms with Gasteiger partial charge >= 0.3 is 6.18 Å². The molecule has 0 bridgehead atoms. The number of piperazine rings is 1. The first-order valence-electron chi connectivity index (χ1n) is 15.7. The molecule has 5 heterocycles.